The first kappa shape index (κ1) is 14.3. The molecule has 1 saturated heterocycles. The van der Waals surface area contributed by atoms with Crippen LogP contribution in [0.2, 0.25) is 0 Å². The number of para-hydroxylation sites is 1. The van der Waals surface area contributed by atoms with Crippen LogP contribution in [0.1, 0.15) is 25.7 Å². The molecular formula is C16H19N3OS. The number of aromatic nitrogens is 2. The maximum absolute atomic E-state index is 12.3. The average molecular weight is 301 g/mol. The molecule has 1 aromatic carbocycles. The minimum Gasteiger partial charge on any atom is -0.342 e. The van der Waals surface area contributed by atoms with E-state index in [0.29, 0.717) is 5.75 Å². The minimum atomic E-state index is 0.226. The molecule has 1 amide bonds. The van der Waals surface area contributed by atoms with Crippen LogP contribution in [-0.4, -0.2) is 39.6 Å². The minimum absolute atomic E-state index is 0.226. The van der Waals surface area contributed by atoms with Gasteiger partial charge in [-0.25, -0.2) is 9.97 Å². The molecule has 1 aliphatic heterocycles. The molecule has 4 nitrogen and oxygen atoms in total. The fraction of sp³-hybridized carbons (Fsp3) is 0.438. The number of likely N-dealkylation sites (tertiary alicyclic amines) is 1. The Morgan fingerprint density at radius 1 is 1.10 bits per heavy atom. The topological polar surface area (TPSA) is 46.1 Å². The van der Waals surface area contributed by atoms with E-state index in [1.54, 1.807) is 6.33 Å². The number of fused-ring (bicyclic) bond motifs is 1. The number of amides is 1. The van der Waals surface area contributed by atoms with E-state index in [2.05, 4.69) is 9.97 Å². The molecule has 3 rings (SSSR count). The molecule has 0 spiro atoms. The molecule has 2 heterocycles. The molecule has 1 fully saturated rings. The zero-order valence-corrected chi connectivity index (χ0v) is 12.8. The van der Waals surface area contributed by atoms with Crippen molar-refractivity contribution < 1.29 is 4.79 Å². The van der Waals surface area contributed by atoms with Crippen molar-refractivity contribution in [2.45, 2.75) is 30.7 Å². The van der Waals surface area contributed by atoms with Crippen LogP contribution in [0.4, 0.5) is 0 Å². The lowest BCUT2D eigenvalue weighted by Gasteiger charge is -2.19. The van der Waals surface area contributed by atoms with Crippen LogP contribution in [0.5, 0.6) is 0 Å². The first-order valence-corrected chi connectivity index (χ1v) is 8.43. The van der Waals surface area contributed by atoms with E-state index in [4.69, 9.17) is 0 Å². The third-order valence-electron chi connectivity index (χ3n) is 3.80. The van der Waals surface area contributed by atoms with Gasteiger partial charge in [0.05, 0.1) is 11.3 Å². The number of nitrogens with zero attached hydrogens (tertiary/aromatic N) is 3. The van der Waals surface area contributed by atoms with Crippen LogP contribution in [0, 0.1) is 0 Å². The first-order valence-electron chi connectivity index (χ1n) is 7.45. The average Bonchev–Trinajstić information content (AvgIpc) is 2.82. The first-order chi connectivity index (χ1) is 10.3. The Morgan fingerprint density at radius 3 is 2.67 bits per heavy atom. The second-order valence-electron chi connectivity index (χ2n) is 5.28. The van der Waals surface area contributed by atoms with E-state index in [1.807, 2.05) is 29.2 Å². The Morgan fingerprint density at radius 2 is 1.86 bits per heavy atom. The van der Waals surface area contributed by atoms with E-state index in [0.717, 1.165) is 41.9 Å². The van der Waals surface area contributed by atoms with Gasteiger partial charge in [-0.15, -0.1) is 0 Å². The number of thioether (sulfide) groups is 1. The summed E-state index contributed by atoms with van der Waals surface area (Å²) in [5.74, 6) is 0.686. The Kier molecular flexibility index (Phi) is 4.70. The third kappa shape index (κ3) is 3.53. The van der Waals surface area contributed by atoms with E-state index in [1.165, 1.54) is 24.6 Å². The molecule has 21 heavy (non-hydrogen) atoms. The van der Waals surface area contributed by atoms with Gasteiger partial charge in [0.15, 0.2) is 0 Å². The maximum atomic E-state index is 12.3. The number of carbonyl (C=O) groups is 1. The molecular weight excluding hydrogens is 282 g/mol. The van der Waals surface area contributed by atoms with E-state index in [-0.39, 0.29) is 5.91 Å². The normalized spacial score (nSPS) is 15.9. The van der Waals surface area contributed by atoms with E-state index in [9.17, 15) is 4.79 Å². The Hall–Kier alpha value is -1.62. The highest BCUT2D eigenvalue weighted by atomic mass is 32.2. The molecule has 0 unspecified atom stereocenters. The fourth-order valence-corrected chi connectivity index (χ4v) is 3.53. The third-order valence-corrected chi connectivity index (χ3v) is 4.79. The molecule has 5 heteroatoms. The summed E-state index contributed by atoms with van der Waals surface area (Å²) in [4.78, 5) is 22.9. The molecule has 0 saturated carbocycles. The lowest BCUT2D eigenvalue weighted by atomic mass is 10.2. The van der Waals surface area contributed by atoms with Crippen LogP contribution < -0.4 is 0 Å². The number of carbonyl (C=O) groups excluding carboxylic acids is 1. The summed E-state index contributed by atoms with van der Waals surface area (Å²) in [7, 11) is 0. The van der Waals surface area contributed by atoms with Crippen LogP contribution >= 0.6 is 11.8 Å². The second kappa shape index (κ2) is 6.89. The predicted molar refractivity (Wildman–Crippen MR) is 85.3 cm³/mol. The highest BCUT2D eigenvalue weighted by Crippen LogP contribution is 2.24. The fourth-order valence-electron chi connectivity index (χ4n) is 2.64. The van der Waals surface area contributed by atoms with Crippen molar-refractivity contribution >= 4 is 28.6 Å². The highest BCUT2D eigenvalue weighted by molar-refractivity contribution is 8.00. The highest BCUT2D eigenvalue weighted by Gasteiger charge is 2.16. The van der Waals surface area contributed by atoms with Crippen molar-refractivity contribution in [2.24, 2.45) is 0 Å². The molecule has 1 aromatic heterocycles. The van der Waals surface area contributed by atoms with Crippen molar-refractivity contribution in [3.8, 4) is 0 Å². The molecule has 0 atom stereocenters. The van der Waals surface area contributed by atoms with Crippen LogP contribution in [0.25, 0.3) is 10.9 Å². The van der Waals surface area contributed by atoms with Gasteiger partial charge < -0.3 is 4.90 Å². The van der Waals surface area contributed by atoms with Gasteiger partial charge in [0.2, 0.25) is 5.91 Å². The molecule has 0 N–H and O–H groups in total. The monoisotopic (exact) mass is 301 g/mol. The van der Waals surface area contributed by atoms with Crippen LogP contribution in [0.15, 0.2) is 35.6 Å². The van der Waals surface area contributed by atoms with E-state index < -0.39 is 0 Å². The van der Waals surface area contributed by atoms with Crippen LogP contribution in [-0.2, 0) is 4.79 Å². The summed E-state index contributed by atoms with van der Waals surface area (Å²) >= 11 is 1.52. The Balaban J connectivity index is 1.67. The number of rotatable bonds is 3. The van der Waals surface area contributed by atoms with Gasteiger partial charge in [-0.2, -0.15) is 0 Å². The molecule has 2 aromatic rings. The summed E-state index contributed by atoms with van der Waals surface area (Å²) in [5, 5.41) is 1.91. The molecule has 0 radical (unpaired) electrons. The molecule has 0 bridgehead atoms. The summed E-state index contributed by atoms with van der Waals surface area (Å²) in [6, 6.07) is 7.92. The van der Waals surface area contributed by atoms with Gasteiger partial charge in [-0.1, -0.05) is 42.8 Å². The summed E-state index contributed by atoms with van der Waals surface area (Å²) in [5.41, 5.74) is 0.928. The van der Waals surface area contributed by atoms with Gasteiger partial charge in [0.1, 0.15) is 11.4 Å². The lowest BCUT2D eigenvalue weighted by Crippen LogP contribution is -2.33. The summed E-state index contributed by atoms with van der Waals surface area (Å²) < 4.78 is 0. The maximum Gasteiger partial charge on any atom is 0.232 e. The summed E-state index contributed by atoms with van der Waals surface area (Å²) in [6.45, 7) is 1.81. The second-order valence-corrected chi connectivity index (χ2v) is 6.24. The van der Waals surface area contributed by atoms with Crippen molar-refractivity contribution in [1.29, 1.82) is 0 Å². The number of hydrogen-bond donors (Lipinski definition) is 0. The van der Waals surface area contributed by atoms with Crippen molar-refractivity contribution in [3.05, 3.63) is 30.6 Å². The number of benzene rings is 1. The lowest BCUT2D eigenvalue weighted by molar-refractivity contribution is -0.128. The predicted octanol–water partition coefficient (Wildman–Crippen LogP) is 3.12. The SMILES string of the molecule is O=C(CSc1ncnc2ccccc12)N1CCCCCC1. The van der Waals surface area contributed by atoms with Crippen molar-refractivity contribution in [1.82, 2.24) is 14.9 Å². The van der Waals surface area contributed by atoms with Gasteiger partial charge in [0, 0.05) is 18.5 Å². The largest absolute Gasteiger partial charge is 0.342 e. The Labute approximate surface area is 129 Å². The van der Waals surface area contributed by atoms with Gasteiger partial charge in [-0.3, -0.25) is 4.79 Å². The van der Waals surface area contributed by atoms with Gasteiger partial charge in [-0.05, 0) is 18.9 Å². The summed E-state index contributed by atoms with van der Waals surface area (Å²) in [6.07, 6.45) is 6.32. The zero-order chi connectivity index (χ0) is 14.5. The van der Waals surface area contributed by atoms with Gasteiger partial charge >= 0.3 is 0 Å². The quantitative estimate of drug-likeness (QED) is 0.645. The molecule has 110 valence electrons. The zero-order valence-electron chi connectivity index (χ0n) is 12.0. The van der Waals surface area contributed by atoms with Gasteiger partial charge in [0.25, 0.3) is 0 Å². The Bertz CT molecular complexity index is 618. The smallest absolute Gasteiger partial charge is 0.232 e. The van der Waals surface area contributed by atoms with E-state index >= 15 is 0 Å². The number of hydrogen-bond acceptors (Lipinski definition) is 4. The van der Waals surface area contributed by atoms with Crippen molar-refractivity contribution in [3.63, 3.8) is 0 Å². The molecule has 0 aliphatic carbocycles. The van der Waals surface area contributed by atoms with Crippen molar-refractivity contribution in [2.75, 3.05) is 18.8 Å². The standard InChI is InChI=1S/C16H19N3OS/c20-15(19-9-5-1-2-6-10-19)11-21-16-13-7-3-4-8-14(13)17-12-18-16/h3-4,7-8,12H,1-2,5-6,9-11H2. The molecule has 1 aliphatic rings. The van der Waals surface area contributed by atoms with Crippen LogP contribution in [0.3, 0.4) is 0 Å².